The van der Waals surface area contributed by atoms with Gasteiger partial charge in [0, 0.05) is 10.9 Å². The van der Waals surface area contributed by atoms with E-state index in [-0.39, 0.29) is 6.04 Å². The number of furan rings is 1. The first-order valence-electron chi connectivity index (χ1n) is 7.17. The molecule has 4 nitrogen and oxygen atoms in total. The Labute approximate surface area is 124 Å². The highest BCUT2D eigenvalue weighted by Gasteiger charge is 2.18. The molecular formula is C17H19N3O. The van der Waals surface area contributed by atoms with Crippen molar-refractivity contribution in [3.63, 3.8) is 0 Å². The molecule has 1 unspecified atom stereocenters. The van der Waals surface area contributed by atoms with E-state index < -0.39 is 0 Å². The molecular weight excluding hydrogens is 262 g/mol. The second-order valence-electron chi connectivity index (χ2n) is 5.41. The fraction of sp³-hybridized carbons (Fsp3) is 0.294. The Morgan fingerprint density at radius 2 is 1.95 bits per heavy atom. The van der Waals surface area contributed by atoms with E-state index >= 15 is 0 Å². The molecule has 2 heterocycles. The molecule has 3 aromatic rings. The molecule has 0 spiro atoms. The second-order valence-corrected chi connectivity index (χ2v) is 5.41. The molecule has 0 fully saturated rings. The Morgan fingerprint density at radius 3 is 2.71 bits per heavy atom. The molecule has 4 heteroatoms. The summed E-state index contributed by atoms with van der Waals surface area (Å²) in [6.45, 7) is 6.04. The molecule has 3 rings (SSSR count). The van der Waals surface area contributed by atoms with Crippen LogP contribution < -0.4 is 5.73 Å². The summed E-state index contributed by atoms with van der Waals surface area (Å²) in [6, 6.07) is 9.82. The van der Waals surface area contributed by atoms with Crippen molar-refractivity contribution in [2.45, 2.75) is 33.2 Å². The summed E-state index contributed by atoms with van der Waals surface area (Å²) >= 11 is 0. The van der Waals surface area contributed by atoms with E-state index in [1.165, 1.54) is 5.56 Å². The van der Waals surface area contributed by atoms with Gasteiger partial charge in [-0.2, -0.15) is 10.2 Å². The van der Waals surface area contributed by atoms with E-state index in [0.29, 0.717) is 0 Å². The van der Waals surface area contributed by atoms with Crippen LogP contribution in [-0.4, -0.2) is 10.2 Å². The quantitative estimate of drug-likeness (QED) is 0.798. The molecule has 21 heavy (non-hydrogen) atoms. The second kappa shape index (κ2) is 5.30. The van der Waals surface area contributed by atoms with Crippen LogP contribution in [0.5, 0.6) is 0 Å². The van der Waals surface area contributed by atoms with Gasteiger partial charge in [-0.3, -0.25) is 0 Å². The first-order chi connectivity index (χ1) is 10.1. The highest BCUT2D eigenvalue weighted by molar-refractivity contribution is 5.79. The maximum atomic E-state index is 6.40. The van der Waals surface area contributed by atoms with Gasteiger partial charge in [0.1, 0.15) is 11.3 Å². The van der Waals surface area contributed by atoms with Gasteiger partial charge in [0.05, 0.1) is 17.4 Å². The fourth-order valence-electron chi connectivity index (χ4n) is 2.57. The van der Waals surface area contributed by atoms with E-state index in [1.807, 2.05) is 31.2 Å². The lowest BCUT2D eigenvalue weighted by Gasteiger charge is -2.12. The normalized spacial score (nSPS) is 12.8. The van der Waals surface area contributed by atoms with E-state index in [9.17, 15) is 0 Å². The monoisotopic (exact) mass is 281 g/mol. The van der Waals surface area contributed by atoms with Gasteiger partial charge in [-0.25, -0.2) is 0 Å². The third kappa shape index (κ3) is 2.54. The zero-order valence-corrected chi connectivity index (χ0v) is 12.6. The first kappa shape index (κ1) is 13.8. The summed E-state index contributed by atoms with van der Waals surface area (Å²) < 4.78 is 5.91. The van der Waals surface area contributed by atoms with Crippen molar-refractivity contribution < 1.29 is 4.42 Å². The zero-order chi connectivity index (χ0) is 15.0. The molecule has 0 aliphatic carbocycles. The van der Waals surface area contributed by atoms with Crippen LogP contribution in [-0.2, 0) is 6.42 Å². The summed E-state index contributed by atoms with van der Waals surface area (Å²) in [5.74, 6) is 0.762. The predicted molar refractivity (Wildman–Crippen MR) is 83.1 cm³/mol. The van der Waals surface area contributed by atoms with Gasteiger partial charge in [-0.05, 0) is 44.5 Å². The minimum atomic E-state index is -0.318. The number of nitrogens with two attached hydrogens (primary N) is 1. The minimum Gasteiger partial charge on any atom is -0.459 e. The number of aromatic nitrogens is 2. The molecule has 0 radical (unpaired) electrons. The van der Waals surface area contributed by atoms with Crippen molar-refractivity contribution in [2.75, 3.05) is 0 Å². The van der Waals surface area contributed by atoms with Crippen LogP contribution in [0.4, 0.5) is 0 Å². The van der Waals surface area contributed by atoms with Gasteiger partial charge in [0.15, 0.2) is 0 Å². The van der Waals surface area contributed by atoms with Crippen LogP contribution in [0.25, 0.3) is 11.0 Å². The molecule has 0 aliphatic heterocycles. The Bertz CT molecular complexity index is 792. The lowest BCUT2D eigenvalue weighted by atomic mass is 10.0. The molecule has 0 saturated heterocycles. The highest BCUT2D eigenvalue weighted by Crippen LogP contribution is 2.28. The van der Waals surface area contributed by atoms with Crippen molar-refractivity contribution >= 4 is 11.0 Å². The topological polar surface area (TPSA) is 64.9 Å². The lowest BCUT2D eigenvalue weighted by molar-refractivity contribution is 0.522. The van der Waals surface area contributed by atoms with E-state index in [2.05, 4.69) is 30.1 Å². The molecule has 1 atom stereocenters. The minimum absolute atomic E-state index is 0.318. The number of nitrogens with zero attached hydrogens (tertiary/aromatic N) is 2. The van der Waals surface area contributed by atoms with Gasteiger partial charge < -0.3 is 10.2 Å². The number of aryl methyl sites for hydroxylation is 3. The fourth-order valence-corrected chi connectivity index (χ4v) is 2.57. The highest BCUT2D eigenvalue weighted by atomic mass is 16.3. The third-order valence-corrected chi connectivity index (χ3v) is 3.69. The average molecular weight is 281 g/mol. The molecule has 108 valence electrons. The third-order valence-electron chi connectivity index (χ3n) is 3.69. The first-order valence-corrected chi connectivity index (χ1v) is 7.17. The molecule has 2 aromatic heterocycles. The van der Waals surface area contributed by atoms with Crippen LogP contribution in [0.2, 0.25) is 0 Å². The van der Waals surface area contributed by atoms with Crippen LogP contribution in [0, 0.1) is 13.8 Å². The standard InChI is InChI=1S/C17H19N3O/c1-4-14-13(8-11(3)19-20-14)17(18)16-9-12-7-10(2)5-6-15(12)21-16/h5-9,17H,4,18H2,1-3H3. The predicted octanol–water partition coefficient (Wildman–Crippen LogP) is 3.45. The average Bonchev–Trinajstić information content (AvgIpc) is 2.89. The van der Waals surface area contributed by atoms with E-state index in [4.69, 9.17) is 10.2 Å². The van der Waals surface area contributed by atoms with Gasteiger partial charge in [0.25, 0.3) is 0 Å². The number of fused-ring (bicyclic) bond motifs is 1. The Morgan fingerprint density at radius 1 is 1.14 bits per heavy atom. The van der Waals surface area contributed by atoms with Crippen LogP contribution in [0.1, 0.15) is 41.2 Å². The summed E-state index contributed by atoms with van der Waals surface area (Å²) in [5.41, 5.74) is 11.2. The Kier molecular flexibility index (Phi) is 3.47. The lowest BCUT2D eigenvalue weighted by Crippen LogP contribution is -2.15. The Hall–Kier alpha value is -2.20. The molecule has 0 amide bonds. The van der Waals surface area contributed by atoms with Crippen molar-refractivity contribution in [3.8, 4) is 0 Å². The Balaban J connectivity index is 2.07. The van der Waals surface area contributed by atoms with Gasteiger partial charge >= 0.3 is 0 Å². The van der Waals surface area contributed by atoms with Gasteiger partial charge in [-0.1, -0.05) is 18.6 Å². The van der Waals surface area contributed by atoms with Crippen molar-refractivity contribution in [1.82, 2.24) is 10.2 Å². The van der Waals surface area contributed by atoms with Crippen molar-refractivity contribution in [3.05, 3.63) is 58.6 Å². The summed E-state index contributed by atoms with van der Waals surface area (Å²) in [7, 11) is 0. The summed E-state index contributed by atoms with van der Waals surface area (Å²) in [6.07, 6.45) is 0.801. The SMILES string of the molecule is CCc1nnc(C)cc1C(N)c1cc2cc(C)ccc2o1. The summed E-state index contributed by atoms with van der Waals surface area (Å²) in [4.78, 5) is 0. The van der Waals surface area contributed by atoms with Gasteiger partial charge in [0.2, 0.25) is 0 Å². The van der Waals surface area contributed by atoms with Crippen LogP contribution >= 0.6 is 0 Å². The molecule has 1 aromatic carbocycles. The number of hydrogen-bond donors (Lipinski definition) is 1. The van der Waals surface area contributed by atoms with Crippen LogP contribution in [0.15, 0.2) is 34.7 Å². The summed E-state index contributed by atoms with van der Waals surface area (Å²) in [5, 5.41) is 9.43. The molecule has 2 N–H and O–H groups in total. The largest absolute Gasteiger partial charge is 0.459 e. The van der Waals surface area contributed by atoms with Gasteiger partial charge in [-0.15, -0.1) is 0 Å². The molecule has 0 saturated carbocycles. The zero-order valence-electron chi connectivity index (χ0n) is 12.6. The maximum Gasteiger partial charge on any atom is 0.134 e. The van der Waals surface area contributed by atoms with E-state index in [1.54, 1.807) is 0 Å². The van der Waals surface area contributed by atoms with Crippen molar-refractivity contribution in [2.24, 2.45) is 5.73 Å². The maximum absolute atomic E-state index is 6.40. The molecule has 0 aliphatic rings. The van der Waals surface area contributed by atoms with E-state index in [0.717, 1.165) is 40.1 Å². The number of rotatable bonds is 3. The number of hydrogen-bond acceptors (Lipinski definition) is 4. The van der Waals surface area contributed by atoms with Crippen LogP contribution in [0.3, 0.4) is 0 Å². The van der Waals surface area contributed by atoms with Crippen molar-refractivity contribution in [1.29, 1.82) is 0 Å². The number of benzene rings is 1. The molecule has 0 bridgehead atoms. The smallest absolute Gasteiger partial charge is 0.134 e.